The highest BCUT2D eigenvalue weighted by atomic mass is 16.3. The minimum atomic E-state index is 0.149. The van der Waals surface area contributed by atoms with E-state index in [4.69, 9.17) is 5.11 Å². The van der Waals surface area contributed by atoms with Gasteiger partial charge in [-0.2, -0.15) is 5.10 Å². The molecule has 5 heteroatoms. The molecule has 1 saturated heterocycles. The molecule has 0 aromatic carbocycles. The molecule has 1 aromatic rings. The normalized spacial score (nSPS) is 19.8. The molecule has 0 amide bonds. The van der Waals surface area contributed by atoms with Crippen molar-refractivity contribution in [3.8, 4) is 0 Å². The van der Waals surface area contributed by atoms with E-state index >= 15 is 0 Å². The highest BCUT2D eigenvalue weighted by Crippen LogP contribution is 2.22. The van der Waals surface area contributed by atoms with E-state index in [0.717, 1.165) is 24.7 Å². The maximum absolute atomic E-state index is 9.09. The van der Waals surface area contributed by atoms with E-state index in [-0.39, 0.29) is 6.61 Å². The van der Waals surface area contributed by atoms with Gasteiger partial charge < -0.3 is 10.0 Å². The Labute approximate surface area is 128 Å². The van der Waals surface area contributed by atoms with Gasteiger partial charge in [-0.3, -0.25) is 9.58 Å². The van der Waals surface area contributed by atoms with Crippen LogP contribution in [0, 0.1) is 19.8 Å². The van der Waals surface area contributed by atoms with Crippen LogP contribution in [0.15, 0.2) is 0 Å². The predicted molar refractivity (Wildman–Crippen MR) is 85.3 cm³/mol. The summed E-state index contributed by atoms with van der Waals surface area (Å²) in [6.07, 6.45) is 1.30. The molecule has 1 fully saturated rings. The SMILES string of the molecule is CCN(C)CC1CCN(Cc2c(C)nn(CCO)c2C)C1. The van der Waals surface area contributed by atoms with Crippen LogP contribution in [0.25, 0.3) is 0 Å². The minimum Gasteiger partial charge on any atom is -0.394 e. The fraction of sp³-hybridized carbons (Fsp3) is 0.812. The van der Waals surface area contributed by atoms with Crippen LogP contribution in [0.4, 0.5) is 0 Å². The molecule has 1 aliphatic rings. The van der Waals surface area contributed by atoms with Crippen molar-refractivity contribution in [1.29, 1.82) is 0 Å². The van der Waals surface area contributed by atoms with E-state index in [1.807, 2.05) is 4.68 Å². The zero-order valence-electron chi connectivity index (χ0n) is 14.0. The van der Waals surface area contributed by atoms with Gasteiger partial charge in [0.2, 0.25) is 0 Å². The van der Waals surface area contributed by atoms with Crippen LogP contribution in [0.2, 0.25) is 0 Å². The Morgan fingerprint density at radius 3 is 2.81 bits per heavy atom. The fourth-order valence-electron chi connectivity index (χ4n) is 3.27. The Bertz CT molecular complexity index is 457. The molecule has 1 N–H and O–H groups in total. The van der Waals surface area contributed by atoms with Crippen LogP contribution in [0.3, 0.4) is 0 Å². The maximum Gasteiger partial charge on any atom is 0.0644 e. The Balaban J connectivity index is 1.94. The molecular formula is C16H30N4O. The Hall–Kier alpha value is -0.910. The first-order chi connectivity index (χ1) is 10.0. The molecule has 120 valence electrons. The summed E-state index contributed by atoms with van der Waals surface area (Å²) in [5, 5.41) is 13.6. The van der Waals surface area contributed by atoms with Gasteiger partial charge in [0.15, 0.2) is 0 Å². The van der Waals surface area contributed by atoms with Gasteiger partial charge in [-0.15, -0.1) is 0 Å². The molecule has 5 nitrogen and oxygen atoms in total. The molecule has 2 heterocycles. The van der Waals surface area contributed by atoms with E-state index in [1.54, 1.807) is 0 Å². The zero-order valence-corrected chi connectivity index (χ0v) is 14.0. The summed E-state index contributed by atoms with van der Waals surface area (Å²) in [6, 6.07) is 0. The lowest BCUT2D eigenvalue weighted by Crippen LogP contribution is -2.28. The molecule has 0 spiro atoms. The summed E-state index contributed by atoms with van der Waals surface area (Å²) in [4.78, 5) is 4.96. The van der Waals surface area contributed by atoms with Gasteiger partial charge in [0, 0.05) is 30.9 Å². The van der Waals surface area contributed by atoms with Gasteiger partial charge >= 0.3 is 0 Å². The number of hydrogen-bond acceptors (Lipinski definition) is 4. The first-order valence-electron chi connectivity index (χ1n) is 8.09. The van der Waals surface area contributed by atoms with Gasteiger partial charge in [0.25, 0.3) is 0 Å². The highest BCUT2D eigenvalue weighted by Gasteiger charge is 2.25. The summed E-state index contributed by atoms with van der Waals surface area (Å²) >= 11 is 0. The van der Waals surface area contributed by atoms with Gasteiger partial charge in [-0.1, -0.05) is 6.92 Å². The summed E-state index contributed by atoms with van der Waals surface area (Å²) in [5.41, 5.74) is 3.65. The number of aliphatic hydroxyl groups excluding tert-OH is 1. The average Bonchev–Trinajstić information content (AvgIpc) is 2.99. The van der Waals surface area contributed by atoms with E-state index in [9.17, 15) is 0 Å². The van der Waals surface area contributed by atoms with E-state index in [2.05, 4.69) is 42.7 Å². The molecule has 0 saturated carbocycles. The topological polar surface area (TPSA) is 44.5 Å². The second kappa shape index (κ2) is 7.38. The van der Waals surface area contributed by atoms with Gasteiger partial charge in [0.05, 0.1) is 18.8 Å². The van der Waals surface area contributed by atoms with Crippen molar-refractivity contribution in [2.75, 3.05) is 39.8 Å². The van der Waals surface area contributed by atoms with Crippen LogP contribution < -0.4 is 0 Å². The molecule has 1 atom stereocenters. The molecular weight excluding hydrogens is 264 g/mol. The van der Waals surface area contributed by atoms with Crippen molar-refractivity contribution in [2.24, 2.45) is 5.92 Å². The highest BCUT2D eigenvalue weighted by molar-refractivity contribution is 5.24. The number of aliphatic hydroxyl groups is 1. The molecule has 0 aliphatic carbocycles. The van der Waals surface area contributed by atoms with Crippen LogP contribution in [-0.4, -0.2) is 64.5 Å². The van der Waals surface area contributed by atoms with Crippen molar-refractivity contribution >= 4 is 0 Å². The third-order valence-electron chi connectivity index (χ3n) is 4.70. The number of rotatable bonds is 7. The number of hydrogen-bond donors (Lipinski definition) is 1. The van der Waals surface area contributed by atoms with Gasteiger partial charge in [-0.25, -0.2) is 0 Å². The number of aryl methyl sites for hydroxylation is 1. The lowest BCUT2D eigenvalue weighted by atomic mass is 10.1. The predicted octanol–water partition coefficient (Wildman–Crippen LogP) is 1.27. The van der Waals surface area contributed by atoms with Crippen LogP contribution in [0.1, 0.15) is 30.3 Å². The van der Waals surface area contributed by atoms with E-state index in [0.29, 0.717) is 6.54 Å². The molecule has 0 bridgehead atoms. The molecule has 2 rings (SSSR count). The quantitative estimate of drug-likeness (QED) is 0.822. The number of nitrogens with zero attached hydrogens (tertiary/aromatic N) is 4. The maximum atomic E-state index is 9.09. The largest absolute Gasteiger partial charge is 0.394 e. The smallest absolute Gasteiger partial charge is 0.0644 e. The number of likely N-dealkylation sites (tertiary alicyclic amines) is 1. The summed E-state index contributed by atoms with van der Waals surface area (Å²) < 4.78 is 1.93. The van der Waals surface area contributed by atoms with E-state index in [1.165, 1.54) is 37.3 Å². The molecule has 0 radical (unpaired) electrons. The van der Waals surface area contributed by atoms with Crippen molar-refractivity contribution in [3.05, 3.63) is 17.0 Å². The van der Waals surface area contributed by atoms with Crippen molar-refractivity contribution in [3.63, 3.8) is 0 Å². The van der Waals surface area contributed by atoms with Crippen molar-refractivity contribution in [2.45, 2.75) is 40.3 Å². The van der Waals surface area contributed by atoms with E-state index < -0.39 is 0 Å². The Kier molecular flexibility index (Phi) is 5.79. The molecule has 1 aliphatic heterocycles. The summed E-state index contributed by atoms with van der Waals surface area (Å²) in [7, 11) is 2.20. The average molecular weight is 294 g/mol. The standard InChI is InChI=1S/C16H30N4O/c1-5-18(4)10-15-6-7-19(11-15)12-16-13(2)17-20(8-9-21)14(16)3/h15,21H,5-12H2,1-4H3. The van der Waals surface area contributed by atoms with Crippen LogP contribution in [-0.2, 0) is 13.1 Å². The Morgan fingerprint density at radius 2 is 2.14 bits per heavy atom. The Morgan fingerprint density at radius 1 is 1.38 bits per heavy atom. The first kappa shape index (κ1) is 16.5. The zero-order chi connectivity index (χ0) is 15.4. The third kappa shape index (κ3) is 4.05. The van der Waals surface area contributed by atoms with Crippen LogP contribution >= 0.6 is 0 Å². The van der Waals surface area contributed by atoms with Crippen molar-refractivity contribution < 1.29 is 5.11 Å². The first-order valence-corrected chi connectivity index (χ1v) is 8.09. The van der Waals surface area contributed by atoms with Gasteiger partial charge in [0.1, 0.15) is 0 Å². The fourth-order valence-corrected chi connectivity index (χ4v) is 3.27. The molecule has 21 heavy (non-hydrogen) atoms. The van der Waals surface area contributed by atoms with Crippen LogP contribution in [0.5, 0.6) is 0 Å². The van der Waals surface area contributed by atoms with Crippen molar-refractivity contribution in [1.82, 2.24) is 19.6 Å². The monoisotopic (exact) mass is 294 g/mol. The summed E-state index contributed by atoms with van der Waals surface area (Å²) in [6.45, 7) is 12.9. The molecule has 1 unspecified atom stereocenters. The molecule has 1 aromatic heterocycles. The second-order valence-corrected chi connectivity index (χ2v) is 6.34. The third-order valence-corrected chi connectivity index (χ3v) is 4.70. The lowest BCUT2D eigenvalue weighted by molar-refractivity contribution is 0.265. The minimum absolute atomic E-state index is 0.149. The number of aromatic nitrogens is 2. The summed E-state index contributed by atoms with van der Waals surface area (Å²) in [5.74, 6) is 0.794. The lowest BCUT2D eigenvalue weighted by Gasteiger charge is -2.20. The van der Waals surface area contributed by atoms with Gasteiger partial charge in [-0.05, 0) is 46.3 Å². The second-order valence-electron chi connectivity index (χ2n) is 6.34.